The van der Waals surface area contributed by atoms with Crippen molar-refractivity contribution in [1.29, 1.82) is 0 Å². The Bertz CT molecular complexity index is 794. The summed E-state index contributed by atoms with van der Waals surface area (Å²) in [6.45, 7) is 0. The molecule has 0 atom stereocenters. The van der Waals surface area contributed by atoms with Crippen LogP contribution in [0.1, 0.15) is 0 Å². The summed E-state index contributed by atoms with van der Waals surface area (Å²) >= 11 is 1.31. The summed E-state index contributed by atoms with van der Waals surface area (Å²) in [6, 6.07) is 7.30. The van der Waals surface area contributed by atoms with Gasteiger partial charge < -0.3 is 0 Å². The predicted molar refractivity (Wildman–Crippen MR) is 73.0 cm³/mol. The third-order valence-electron chi connectivity index (χ3n) is 2.69. The maximum Gasteiger partial charge on any atom is 0.277 e. The molecule has 2 heterocycles. The van der Waals surface area contributed by atoms with E-state index >= 15 is 0 Å². The van der Waals surface area contributed by atoms with E-state index in [1.165, 1.54) is 40.2 Å². The third kappa shape index (κ3) is 1.88. The van der Waals surface area contributed by atoms with Crippen molar-refractivity contribution in [2.24, 2.45) is 5.84 Å². The van der Waals surface area contributed by atoms with E-state index in [9.17, 15) is 9.18 Å². The molecule has 1 aromatic carbocycles. The van der Waals surface area contributed by atoms with Crippen LogP contribution >= 0.6 is 11.3 Å². The molecule has 0 spiro atoms. The maximum absolute atomic E-state index is 12.9. The SMILES string of the molecule is NNc1nc2ccsc2c(=O)n1-c1ccc(F)cc1. The highest BCUT2D eigenvalue weighted by Crippen LogP contribution is 2.19. The van der Waals surface area contributed by atoms with Crippen molar-refractivity contribution < 1.29 is 4.39 Å². The van der Waals surface area contributed by atoms with Crippen molar-refractivity contribution in [1.82, 2.24) is 9.55 Å². The molecule has 96 valence electrons. The van der Waals surface area contributed by atoms with Crippen LogP contribution in [-0.4, -0.2) is 9.55 Å². The number of nitrogens with zero attached hydrogens (tertiary/aromatic N) is 2. The van der Waals surface area contributed by atoms with Gasteiger partial charge in [-0.15, -0.1) is 11.3 Å². The van der Waals surface area contributed by atoms with Crippen LogP contribution in [0.15, 0.2) is 40.5 Å². The Kier molecular flexibility index (Phi) is 2.77. The summed E-state index contributed by atoms with van der Waals surface area (Å²) in [6.07, 6.45) is 0. The number of nitrogens with two attached hydrogens (primary N) is 1. The first-order valence-corrected chi connectivity index (χ1v) is 6.31. The molecule has 0 fully saturated rings. The monoisotopic (exact) mass is 276 g/mol. The van der Waals surface area contributed by atoms with Crippen LogP contribution in [0.2, 0.25) is 0 Å². The highest BCUT2D eigenvalue weighted by molar-refractivity contribution is 7.17. The molecule has 3 N–H and O–H groups in total. The van der Waals surface area contributed by atoms with E-state index in [1.807, 2.05) is 0 Å². The number of hydrazine groups is 1. The maximum atomic E-state index is 12.9. The van der Waals surface area contributed by atoms with Gasteiger partial charge in [0.2, 0.25) is 5.95 Å². The van der Waals surface area contributed by atoms with Crippen LogP contribution < -0.4 is 16.8 Å². The molecule has 2 aromatic heterocycles. The van der Waals surface area contributed by atoms with Gasteiger partial charge in [-0.2, -0.15) is 0 Å². The average Bonchev–Trinajstić information content (AvgIpc) is 2.88. The number of hydrogen-bond donors (Lipinski definition) is 2. The van der Waals surface area contributed by atoms with Gasteiger partial charge in [-0.1, -0.05) is 0 Å². The van der Waals surface area contributed by atoms with E-state index in [0.29, 0.717) is 15.9 Å². The summed E-state index contributed by atoms with van der Waals surface area (Å²) < 4.78 is 14.8. The zero-order chi connectivity index (χ0) is 13.4. The lowest BCUT2D eigenvalue weighted by Gasteiger charge is -2.11. The van der Waals surface area contributed by atoms with Crippen LogP contribution in [0.4, 0.5) is 10.3 Å². The standard InChI is InChI=1S/C12H9FN4OS/c13-7-1-3-8(4-2-7)17-11(18)10-9(5-6-19-10)15-12(17)16-14/h1-6H,14H2,(H,15,16). The zero-order valence-corrected chi connectivity index (χ0v) is 10.4. The molecule has 0 saturated carbocycles. The molecule has 0 radical (unpaired) electrons. The summed E-state index contributed by atoms with van der Waals surface area (Å²) in [5, 5.41) is 1.79. The van der Waals surface area contributed by atoms with Crippen molar-refractivity contribution in [3.05, 3.63) is 51.9 Å². The summed E-state index contributed by atoms with van der Waals surface area (Å²) in [4.78, 5) is 16.7. The highest BCUT2D eigenvalue weighted by atomic mass is 32.1. The number of aromatic nitrogens is 2. The van der Waals surface area contributed by atoms with E-state index < -0.39 is 0 Å². The molecule has 0 bridgehead atoms. The molecule has 19 heavy (non-hydrogen) atoms. The molecule has 3 aromatic rings. The number of rotatable bonds is 2. The topological polar surface area (TPSA) is 72.9 Å². The van der Waals surface area contributed by atoms with Crippen LogP contribution in [-0.2, 0) is 0 Å². The fraction of sp³-hybridized carbons (Fsp3) is 0. The number of nitrogens with one attached hydrogen (secondary N) is 1. The molecule has 0 aliphatic carbocycles. The molecule has 0 unspecified atom stereocenters. The molecule has 5 nitrogen and oxygen atoms in total. The number of fused-ring (bicyclic) bond motifs is 1. The smallest absolute Gasteiger partial charge is 0.277 e. The summed E-state index contributed by atoms with van der Waals surface area (Å²) in [5.74, 6) is 5.24. The first-order valence-electron chi connectivity index (χ1n) is 5.43. The minimum atomic E-state index is -0.371. The molecule has 7 heteroatoms. The van der Waals surface area contributed by atoms with Gasteiger partial charge in [0.1, 0.15) is 10.5 Å². The first-order chi connectivity index (χ1) is 9.20. The molecule has 0 aliphatic rings. The van der Waals surface area contributed by atoms with E-state index in [1.54, 1.807) is 11.4 Å². The van der Waals surface area contributed by atoms with Gasteiger partial charge in [-0.3, -0.25) is 10.2 Å². The first kappa shape index (κ1) is 11.8. The van der Waals surface area contributed by atoms with Gasteiger partial charge in [0.25, 0.3) is 5.56 Å². The molecule has 0 saturated heterocycles. The van der Waals surface area contributed by atoms with Gasteiger partial charge >= 0.3 is 0 Å². The second kappa shape index (κ2) is 4.45. The number of nitrogen functional groups attached to an aromatic ring is 1. The minimum absolute atomic E-state index is 0.211. The van der Waals surface area contributed by atoms with Crippen molar-refractivity contribution in [3.8, 4) is 5.69 Å². The normalized spacial score (nSPS) is 10.8. The number of hydrogen-bond acceptors (Lipinski definition) is 5. The fourth-order valence-electron chi connectivity index (χ4n) is 1.84. The minimum Gasteiger partial charge on any atom is -0.293 e. The van der Waals surface area contributed by atoms with Gasteiger partial charge in [0.05, 0.1) is 11.2 Å². The third-order valence-corrected chi connectivity index (χ3v) is 3.59. The van der Waals surface area contributed by atoms with Crippen LogP contribution in [0.3, 0.4) is 0 Å². The number of anilines is 1. The average molecular weight is 276 g/mol. The number of thiophene rings is 1. The van der Waals surface area contributed by atoms with Gasteiger partial charge in [-0.05, 0) is 35.7 Å². The summed E-state index contributed by atoms with van der Waals surface area (Å²) in [7, 11) is 0. The Morgan fingerprint density at radius 3 is 2.68 bits per heavy atom. The zero-order valence-electron chi connectivity index (χ0n) is 9.63. The lowest BCUT2D eigenvalue weighted by atomic mass is 10.3. The van der Waals surface area contributed by atoms with E-state index in [2.05, 4.69) is 10.4 Å². The van der Waals surface area contributed by atoms with Gasteiger partial charge in [0, 0.05) is 0 Å². The number of benzene rings is 1. The van der Waals surface area contributed by atoms with Gasteiger partial charge in [-0.25, -0.2) is 19.8 Å². The second-order valence-electron chi connectivity index (χ2n) is 3.83. The van der Waals surface area contributed by atoms with Crippen molar-refractivity contribution in [2.75, 3.05) is 5.43 Å². The number of halogens is 1. The van der Waals surface area contributed by atoms with Gasteiger partial charge in [0.15, 0.2) is 0 Å². The molecule has 3 rings (SSSR count). The quantitative estimate of drug-likeness (QED) is 0.553. The van der Waals surface area contributed by atoms with Crippen LogP contribution in [0, 0.1) is 5.82 Å². The Hall–Kier alpha value is -2.25. The van der Waals surface area contributed by atoms with E-state index in [4.69, 9.17) is 5.84 Å². The second-order valence-corrected chi connectivity index (χ2v) is 4.75. The lowest BCUT2D eigenvalue weighted by Crippen LogP contribution is -2.25. The Morgan fingerprint density at radius 1 is 1.26 bits per heavy atom. The summed E-state index contributed by atoms with van der Waals surface area (Å²) in [5.41, 5.74) is 3.24. The van der Waals surface area contributed by atoms with Crippen molar-refractivity contribution >= 4 is 27.5 Å². The molecule has 0 aliphatic heterocycles. The van der Waals surface area contributed by atoms with Crippen molar-refractivity contribution in [3.63, 3.8) is 0 Å². The Labute approximate surface area is 111 Å². The van der Waals surface area contributed by atoms with Crippen LogP contribution in [0.5, 0.6) is 0 Å². The van der Waals surface area contributed by atoms with E-state index in [-0.39, 0.29) is 17.3 Å². The van der Waals surface area contributed by atoms with Crippen molar-refractivity contribution in [2.45, 2.75) is 0 Å². The predicted octanol–water partition coefficient (Wildman–Crippen LogP) is 1.87. The highest BCUT2D eigenvalue weighted by Gasteiger charge is 2.12. The molecule has 0 amide bonds. The largest absolute Gasteiger partial charge is 0.293 e. The fourth-order valence-corrected chi connectivity index (χ4v) is 2.60. The Balaban J connectivity index is 2.35. The van der Waals surface area contributed by atoms with Crippen LogP contribution in [0.25, 0.3) is 15.9 Å². The molecular formula is C12H9FN4OS. The molecular weight excluding hydrogens is 267 g/mol. The van der Waals surface area contributed by atoms with E-state index in [0.717, 1.165) is 0 Å². The lowest BCUT2D eigenvalue weighted by molar-refractivity contribution is 0.627. The Morgan fingerprint density at radius 2 is 2.00 bits per heavy atom.